The van der Waals surface area contributed by atoms with Crippen molar-refractivity contribution in [3.05, 3.63) is 0 Å². The van der Waals surface area contributed by atoms with Gasteiger partial charge >= 0.3 is 0 Å². The molecule has 0 spiro atoms. The van der Waals surface area contributed by atoms with Crippen molar-refractivity contribution in [2.75, 3.05) is 12.3 Å². The van der Waals surface area contributed by atoms with Gasteiger partial charge in [-0.3, -0.25) is 4.99 Å². The van der Waals surface area contributed by atoms with Gasteiger partial charge < -0.3 is 0 Å². The van der Waals surface area contributed by atoms with Crippen LogP contribution in [0.2, 0.25) is 0 Å². The van der Waals surface area contributed by atoms with E-state index in [2.05, 4.69) is 16.8 Å². The normalized spacial score (nSPS) is 13.1. The molecule has 0 aliphatic carbocycles. The van der Waals surface area contributed by atoms with E-state index in [1.165, 1.54) is 5.75 Å². The molecule has 1 aliphatic rings. The number of hydrogen-bond donors (Lipinski definition) is 0. The standard InChI is InChI=1S/C4H6.C3H5NS/c1-3-4-2;1-2-5-3-4-1/h1-2H3;3H,1-2H2. The molecule has 1 heterocycles. The first kappa shape index (κ1) is 8.58. The van der Waals surface area contributed by atoms with Crippen LogP contribution in [0.15, 0.2) is 4.99 Å². The van der Waals surface area contributed by atoms with Gasteiger partial charge in [0.1, 0.15) is 0 Å². The summed E-state index contributed by atoms with van der Waals surface area (Å²) in [4.78, 5) is 3.92. The van der Waals surface area contributed by atoms with Crippen LogP contribution in [0.5, 0.6) is 0 Å². The molecule has 0 radical (unpaired) electrons. The highest BCUT2D eigenvalue weighted by Crippen LogP contribution is 1.99. The van der Waals surface area contributed by atoms with Gasteiger partial charge in [-0.05, 0) is 13.8 Å². The Morgan fingerprint density at radius 1 is 1.44 bits per heavy atom. The van der Waals surface area contributed by atoms with Gasteiger partial charge in [-0.25, -0.2) is 0 Å². The lowest BCUT2D eigenvalue weighted by molar-refractivity contribution is 1.18. The summed E-state index contributed by atoms with van der Waals surface area (Å²) in [5.41, 5.74) is 1.90. The molecule has 0 atom stereocenters. The highest BCUT2D eigenvalue weighted by Gasteiger charge is 1.86. The Kier molecular flexibility index (Phi) is 7.23. The zero-order chi connectivity index (χ0) is 6.95. The van der Waals surface area contributed by atoms with Crippen LogP contribution in [0.1, 0.15) is 13.8 Å². The van der Waals surface area contributed by atoms with Crippen molar-refractivity contribution < 1.29 is 0 Å². The fraction of sp³-hybridized carbons (Fsp3) is 0.571. The van der Waals surface area contributed by atoms with E-state index in [0.29, 0.717) is 0 Å². The largest absolute Gasteiger partial charge is 0.285 e. The molecular formula is C7H11NS. The molecule has 0 aromatic carbocycles. The molecule has 0 saturated carbocycles. The van der Waals surface area contributed by atoms with Crippen LogP contribution >= 0.6 is 11.8 Å². The van der Waals surface area contributed by atoms with Crippen LogP contribution in [-0.2, 0) is 0 Å². The molecule has 0 amide bonds. The van der Waals surface area contributed by atoms with Crippen molar-refractivity contribution in [2.45, 2.75) is 13.8 Å². The van der Waals surface area contributed by atoms with E-state index < -0.39 is 0 Å². The smallest absolute Gasteiger partial charge is 0.0542 e. The first-order valence-corrected chi connectivity index (χ1v) is 3.90. The topological polar surface area (TPSA) is 12.4 Å². The molecule has 0 aromatic rings. The van der Waals surface area contributed by atoms with Crippen LogP contribution in [0.25, 0.3) is 0 Å². The molecular weight excluding hydrogens is 130 g/mol. The minimum atomic E-state index is 1.03. The summed E-state index contributed by atoms with van der Waals surface area (Å²) >= 11 is 1.78. The number of rotatable bonds is 0. The SMILES string of the molecule is C1=NCCS1.CC#CC. The van der Waals surface area contributed by atoms with Crippen molar-refractivity contribution in [1.82, 2.24) is 0 Å². The van der Waals surface area contributed by atoms with Crippen LogP contribution in [-0.4, -0.2) is 17.8 Å². The van der Waals surface area contributed by atoms with Crippen LogP contribution in [0.4, 0.5) is 0 Å². The third-order valence-electron chi connectivity index (χ3n) is 0.737. The fourth-order valence-corrected chi connectivity index (χ4v) is 0.791. The highest BCUT2D eigenvalue weighted by atomic mass is 32.2. The van der Waals surface area contributed by atoms with Crippen LogP contribution < -0.4 is 0 Å². The number of thioether (sulfide) groups is 1. The molecule has 9 heavy (non-hydrogen) atoms. The maximum Gasteiger partial charge on any atom is 0.0542 e. The molecule has 50 valence electrons. The van der Waals surface area contributed by atoms with Crippen molar-refractivity contribution >= 4 is 17.3 Å². The van der Waals surface area contributed by atoms with Crippen molar-refractivity contribution in [1.29, 1.82) is 0 Å². The molecule has 0 N–H and O–H groups in total. The first-order valence-electron chi connectivity index (χ1n) is 2.85. The van der Waals surface area contributed by atoms with Gasteiger partial charge in [0.05, 0.1) is 5.55 Å². The predicted molar refractivity (Wildman–Crippen MR) is 44.9 cm³/mol. The minimum absolute atomic E-state index is 1.03. The van der Waals surface area contributed by atoms with Crippen molar-refractivity contribution in [3.8, 4) is 11.8 Å². The summed E-state index contributed by atoms with van der Waals surface area (Å²) in [6, 6.07) is 0. The van der Waals surface area contributed by atoms with E-state index in [9.17, 15) is 0 Å². The lowest BCUT2D eigenvalue weighted by atomic mass is 10.7. The maximum atomic E-state index is 3.92. The summed E-state index contributed by atoms with van der Waals surface area (Å²) in [6.45, 7) is 4.67. The Labute approximate surface area is 60.9 Å². The molecule has 0 fully saturated rings. The Morgan fingerprint density at radius 3 is 2.22 bits per heavy atom. The van der Waals surface area contributed by atoms with Gasteiger partial charge in [0.2, 0.25) is 0 Å². The number of hydrogen-bond acceptors (Lipinski definition) is 2. The van der Waals surface area contributed by atoms with E-state index in [0.717, 1.165) is 6.54 Å². The molecule has 1 rings (SSSR count). The summed E-state index contributed by atoms with van der Waals surface area (Å²) in [5, 5.41) is 0. The number of aliphatic imine (C=N–C) groups is 1. The van der Waals surface area contributed by atoms with Gasteiger partial charge in [0.25, 0.3) is 0 Å². The van der Waals surface area contributed by atoms with E-state index in [-0.39, 0.29) is 0 Å². The Morgan fingerprint density at radius 2 is 2.11 bits per heavy atom. The van der Waals surface area contributed by atoms with Crippen LogP contribution in [0.3, 0.4) is 0 Å². The second-order valence-corrected chi connectivity index (χ2v) is 2.33. The quantitative estimate of drug-likeness (QED) is 0.468. The molecule has 0 unspecified atom stereocenters. The Balaban J connectivity index is 0.000000148. The van der Waals surface area contributed by atoms with Gasteiger partial charge in [-0.15, -0.1) is 23.6 Å². The van der Waals surface area contributed by atoms with Crippen molar-refractivity contribution in [3.63, 3.8) is 0 Å². The second-order valence-electron chi connectivity index (χ2n) is 1.38. The molecule has 1 nitrogen and oxygen atoms in total. The first-order chi connectivity index (χ1) is 4.41. The maximum absolute atomic E-state index is 3.92. The van der Waals surface area contributed by atoms with Crippen LogP contribution in [0, 0.1) is 11.8 Å². The van der Waals surface area contributed by atoms with E-state index in [4.69, 9.17) is 0 Å². The summed E-state index contributed by atoms with van der Waals surface area (Å²) in [5.74, 6) is 6.56. The monoisotopic (exact) mass is 141 g/mol. The fourth-order valence-electron chi connectivity index (χ4n) is 0.264. The zero-order valence-corrected chi connectivity index (χ0v) is 6.66. The molecule has 0 saturated heterocycles. The zero-order valence-electron chi connectivity index (χ0n) is 5.85. The Bertz CT molecular complexity index is 118. The van der Waals surface area contributed by atoms with E-state index in [1.807, 2.05) is 19.4 Å². The summed E-state index contributed by atoms with van der Waals surface area (Å²) in [6.07, 6.45) is 0. The van der Waals surface area contributed by atoms with E-state index >= 15 is 0 Å². The Hall–Kier alpha value is -0.420. The van der Waals surface area contributed by atoms with Gasteiger partial charge in [0, 0.05) is 12.3 Å². The average molecular weight is 141 g/mol. The lowest BCUT2D eigenvalue weighted by Gasteiger charge is -1.67. The third-order valence-corrected chi connectivity index (χ3v) is 1.45. The molecule has 0 aromatic heterocycles. The molecule has 2 heteroatoms. The van der Waals surface area contributed by atoms with Gasteiger partial charge in [-0.2, -0.15) is 0 Å². The highest BCUT2D eigenvalue weighted by molar-refractivity contribution is 8.12. The second kappa shape index (κ2) is 7.58. The summed E-state index contributed by atoms with van der Waals surface area (Å²) in [7, 11) is 0. The van der Waals surface area contributed by atoms with Gasteiger partial charge in [-0.1, -0.05) is 0 Å². The third kappa shape index (κ3) is 7.58. The predicted octanol–water partition coefficient (Wildman–Crippen LogP) is 1.79. The molecule has 0 bridgehead atoms. The van der Waals surface area contributed by atoms with E-state index in [1.54, 1.807) is 11.8 Å². The summed E-state index contributed by atoms with van der Waals surface area (Å²) < 4.78 is 0. The van der Waals surface area contributed by atoms with Gasteiger partial charge in [0.15, 0.2) is 0 Å². The lowest BCUT2D eigenvalue weighted by Crippen LogP contribution is -1.69. The van der Waals surface area contributed by atoms with Crippen molar-refractivity contribution in [2.24, 2.45) is 4.99 Å². The number of nitrogens with zero attached hydrogens (tertiary/aromatic N) is 1. The minimum Gasteiger partial charge on any atom is -0.285 e. The average Bonchev–Trinajstić information content (AvgIpc) is 2.43. The molecule has 1 aliphatic heterocycles.